The number of carbonyl (C=O) groups excluding carboxylic acids is 2. The summed E-state index contributed by atoms with van der Waals surface area (Å²) in [6, 6.07) is 15.6. The van der Waals surface area contributed by atoms with Gasteiger partial charge in [0.1, 0.15) is 6.04 Å². The zero-order chi connectivity index (χ0) is 15.7. The Morgan fingerprint density at radius 3 is 2.45 bits per heavy atom. The van der Waals surface area contributed by atoms with Crippen LogP contribution in [0.2, 0.25) is 5.02 Å². The van der Waals surface area contributed by atoms with Crippen molar-refractivity contribution in [3.05, 3.63) is 65.2 Å². The third-order valence-corrected chi connectivity index (χ3v) is 3.98. The Kier molecular flexibility index (Phi) is 3.86. The fourth-order valence-corrected chi connectivity index (χ4v) is 2.73. The number of benzene rings is 2. The summed E-state index contributed by atoms with van der Waals surface area (Å²) in [5.74, 6) is -0.233. The second-order valence-electron chi connectivity index (χ2n) is 5.23. The van der Waals surface area contributed by atoms with Crippen molar-refractivity contribution in [1.82, 2.24) is 4.90 Å². The fraction of sp³-hybridized carbons (Fsp3) is 0.176. The van der Waals surface area contributed by atoms with E-state index in [2.05, 4.69) is 0 Å². The van der Waals surface area contributed by atoms with Crippen molar-refractivity contribution in [2.75, 3.05) is 4.90 Å². The van der Waals surface area contributed by atoms with Crippen molar-refractivity contribution in [3.63, 3.8) is 0 Å². The van der Waals surface area contributed by atoms with Crippen molar-refractivity contribution >= 4 is 29.2 Å². The first-order valence-corrected chi connectivity index (χ1v) is 7.40. The topological polar surface area (TPSA) is 40.6 Å². The van der Waals surface area contributed by atoms with Crippen LogP contribution < -0.4 is 4.90 Å². The van der Waals surface area contributed by atoms with Crippen LogP contribution in [0.3, 0.4) is 0 Å². The molecule has 2 aromatic carbocycles. The molecule has 0 radical (unpaired) electrons. The van der Waals surface area contributed by atoms with Gasteiger partial charge in [-0.25, -0.2) is 9.69 Å². The van der Waals surface area contributed by atoms with Crippen LogP contribution in [-0.4, -0.2) is 22.9 Å². The van der Waals surface area contributed by atoms with Crippen molar-refractivity contribution < 1.29 is 9.59 Å². The first-order valence-electron chi connectivity index (χ1n) is 7.02. The highest BCUT2D eigenvalue weighted by Gasteiger charge is 2.43. The van der Waals surface area contributed by atoms with Gasteiger partial charge in [-0.3, -0.25) is 4.79 Å². The summed E-state index contributed by atoms with van der Waals surface area (Å²) >= 11 is 5.96. The standard InChI is InChI=1S/C17H15ClN2O2/c1-12-16(21)20(15-9-5-8-14(18)10-15)17(22)19(12)11-13-6-3-2-4-7-13/h2-10,12H,11H2,1H3/t12-/m0/s1. The summed E-state index contributed by atoms with van der Waals surface area (Å²) in [4.78, 5) is 27.8. The third-order valence-electron chi connectivity index (χ3n) is 3.74. The van der Waals surface area contributed by atoms with Gasteiger partial charge in [0, 0.05) is 11.6 Å². The molecule has 2 aromatic rings. The van der Waals surface area contributed by atoms with E-state index in [1.165, 1.54) is 4.90 Å². The summed E-state index contributed by atoms with van der Waals surface area (Å²) < 4.78 is 0. The van der Waals surface area contributed by atoms with Gasteiger partial charge < -0.3 is 4.90 Å². The summed E-state index contributed by atoms with van der Waals surface area (Å²) in [6.45, 7) is 2.15. The molecule has 1 saturated heterocycles. The number of halogens is 1. The van der Waals surface area contributed by atoms with E-state index in [-0.39, 0.29) is 11.9 Å². The molecule has 112 valence electrons. The van der Waals surface area contributed by atoms with Gasteiger partial charge in [0.15, 0.2) is 0 Å². The lowest BCUT2D eigenvalue weighted by Crippen LogP contribution is -2.33. The van der Waals surface area contributed by atoms with Gasteiger partial charge in [-0.15, -0.1) is 0 Å². The van der Waals surface area contributed by atoms with E-state index >= 15 is 0 Å². The lowest BCUT2D eigenvalue weighted by molar-refractivity contribution is -0.119. The number of anilines is 1. The highest BCUT2D eigenvalue weighted by atomic mass is 35.5. The van der Waals surface area contributed by atoms with Crippen molar-refractivity contribution in [1.29, 1.82) is 0 Å². The Morgan fingerprint density at radius 1 is 1.05 bits per heavy atom. The number of amides is 3. The maximum absolute atomic E-state index is 12.6. The summed E-state index contributed by atoms with van der Waals surface area (Å²) in [6.07, 6.45) is 0. The van der Waals surface area contributed by atoms with E-state index in [0.29, 0.717) is 17.3 Å². The van der Waals surface area contributed by atoms with Crippen LogP contribution in [0.15, 0.2) is 54.6 Å². The van der Waals surface area contributed by atoms with E-state index in [0.717, 1.165) is 5.56 Å². The average Bonchev–Trinajstić information content (AvgIpc) is 2.72. The highest BCUT2D eigenvalue weighted by molar-refractivity contribution is 6.31. The average molecular weight is 315 g/mol. The Morgan fingerprint density at radius 2 is 1.77 bits per heavy atom. The molecule has 3 rings (SSSR count). The number of nitrogens with zero attached hydrogens (tertiary/aromatic N) is 2. The van der Waals surface area contributed by atoms with Gasteiger partial charge in [-0.2, -0.15) is 0 Å². The largest absolute Gasteiger partial charge is 0.332 e. The van der Waals surface area contributed by atoms with Gasteiger partial charge in [-0.05, 0) is 30.7 Å². The number of hydrogen-bond acceptors (Lipinski definition) is 2. The van der Waals surface area contributed by atoms with Gasteiger partial charge in [0.25, 0.3) is 5.91 Å². The molecule has 1 fully saturated rings. The van der Waals surface area contributed by atoms with Crippen LogP contribution in [0, 0.1) is 0 Å². The van der Waals surface area contributed by atoms with E-state index in [4.69, 9.17) is 11.6 Å². The number of rotatable bonds is 3. The first-order chi connectivity index (χ1) is 10.6. The fourth-order valence-electron chi connectivity index (χ4n) is 2.55. The molecule has 1 heterocycles. The monoisotopic (exact) mass is 314 g/mol. The molecule has 0 unspecified atom stereocenters. The molecule has 22 heavy (non-hydrogen) atoms. The number of carbonyl (C=O) groups is 2. The lowest BCUT2D eigenvalue weighted by Gasteiger charge is -2.19. The molecule has 1 aliphatic rings. The molecular formula is C17H15ClN2O2. The predicted octanol–water partition coefficient (Wildman–Crippen LogP) is 3.70. The molecule has 1 aliphatic heterocycles. The van der Waals surface area contributed by atoms with E-state index < -0.39 is 6.04 Å². The third kappa shape index (κ3) is 2.57. The molecule has 0 aliphatic carbocycles. The number of imide groups is 1. The zero-order valence-electron chi connectivity index (χ0n) is 12.1. The van der Waals surface area contributed by atoms with Crippen molar-refractivity contribution in [3.8, 4) is 0 Å². The Labute approximate surface area is 133 Å². The highest BCUT2D eigenvalue weighted by Crippen LogP contribution is 2.28. The minimum absolute atomic E-state index is 0.233. The maximum atomic E-state index is 12.6. The van der Waals surface area contributed by atoms with Gasteiger partial charge in [0.2, 0.25) is 0 Å². The van der Waals surface area contributed by atoms with Crippen LogP contribution in [0.1, 0.15) is 12.5 Å². The molecule has 5 heteroatoms. The second kappa shape index (κ2) is 5.81. The normalized spacial score (nSPS) is 18.2. The minimum Gasteiger partial charge on any atom is -0.308 e. The predicted molar refractivity (Wildman–Crippen MR) is 85.8 cm³/mol. The molecule has 3 amide bonds. The van der Waals surface area contributed by atoms with Gasteiger partial charge in [0.05, 0.1) is 5.69 Å². The molecular weight excluding hydrogens is 300 g/mol. The maximum Gasteiger partial charge on any atom is 0.332 e. The SMILES string of the molecule is C[C@H]1C(=O)N(c2cccc(Cl)c2)C(=O)N1Cc1ccccc1. The van der Waals surface area contributed by atoms with Crippen molar-refractivity contribution in [2.24, 2.45) is 0 Å². The smallest absolute Gasteiger partial charge is 0.308 e. The zero-order valence-corrected chi connectivity index (χ0v) is 12.8. The van der Waals surface area contributed by atoms with Crippen LogP contribution >= 0.6 is 11.6 Å². The lowest BCUT2D eigenvalue weighted by atomic mass is 10.2. The van der Waals surface area contributed by atoms with Crippen LogP contribution in [-0.2, 0) is 11.3 Å². The summed E-state index contributed by atoms with van der Waals surface area (Å²) in [5, 5.41) is 0.493. The number of urea groups is 1. The molecule has 0 spiro atoms. The van der Waals surface area contributed by atoms with Gasteiger partial charge in [-0.1, -0.05) is 48.0 Å². The first kappa shape index (κ1) is 14.6. The minimum atomic E-state index is -0.494. The Balaban J connectivity index is 1.89. The van der Waals surface area contributed by atoms with E-state index in [1.54, 1.807) is 36.1 Å². The Hall–Kier alpha value is -2.33. The van der Waals surface area contributed by atoms with Crippen LogP contribution in [0.5, 0.6) is 0 Å². The van der Waals surface area contributed by atoms with E-state index in [1.807, 2.05) is 30.3 Å². The summed E-state index contributed by atoms with van der Waals surface area (Å²) in [7, 11) is 0. The molecule has 1 atom stereocenters. The molecule has 0 bridgehead atoms. The second-order valence-corrected chi connectivity index (χ2v) is 5.66. The molecule has 0 N–H and O–H groups in total. The Bertz CT molecular complexity index is 718. The van der Waals surface area contributed by atoms with E-state index in [9.17, 15) is 9.59 Å². The van der Waals surface area contributed by atoms with Crippen molar-refractivity contribution in [2.45, 2.75) is 19.5 Å². The van der Waals surface area contributed by atoms with Crippen LogP contribution in [0.4, 0.5) is 10.5 Å². The van der Waals surface area contributed by atoms with Gasteiger partial charge >= 0.3 is 6.03 Å². The number of hydrogen-bond donors (Lipinski definition) is 0. The summed E-state index contributed by atoms with van der Waals surface area (Å²) in [5.41, 5.74) is 1.49. The molecule has 0 aromatic heterocycles. The van der Waals surface area contributed by atoms with Crippen LogP contribution in [0.25, 0.3) is 0 Å². The quantitative estimate of drug-likeness (QED) is 0.811. The molecule has 0 saturated carbocycles. The molecule has 4 nitrogen and oxygen atoms in total.